The van der Waals surface area contributed by atoms with Gasteiger partial charge in [0.05, 0.1) is 12.1 Å². The second-order valence-corrected chi connectivity index (χ2v) is 6.42. The molecule has 0 saturated carbocycles. The van der Waals surface area contributed by atoms with Crippen molar-refractivity contribution in [1.82, 2.24) is 5.32 Å². The summed E-state index contributed by atoms with van der Waals surface area (Å²) in [6.07, 6.45) is -2.63. The lowest BCUT2D eigenvalue weighted by Crippen LogP contribution is -2.56. The molecule has 1 aromatic rings. The first-order valence-electron chi connectivity index (χ1n) is 6.89. The molecule has 0 heterocycles. The van der Waals surface area contributed by atoms with Crippen LogP contribution >= 0.6 is 0 Å². The quantitative estimate of drug-likeness (QED) is 0.667. The lowest BCUT2D eigenvalue weighted by atomic mass is 9.80. The van der Waals surface area contributed by atoms with E-state index in [4.69, 9.17) is 10.8 Å². The maximum Gasteiger partial charge on any atom is 0.404 e. The van der Waals surface area contributed by atoms with Crippen molar-refractivity contribution < 1.29 is 23.8 Å². The number of carbonyl (C=O) groups is 1. The molecule has 3 atom stereocenters. The molecule has 0 aromatic heterocycles. The molecule has 5 N–H and O–H groups in total. The molecule has 0 saturated heterocycles. The third-order valence-corrected chi connectivity index (χ3v) is 3.47. The molecule has 124 valence electrons. The normalized spacial score (nSPS) is 16.0. The van der Waals surface area contributed by atoms with Crippen LogP contribution in [-0.4, -0.2) is 34.5 Å². The largest absolute Gasteiger partial charge is 0.465 e. The lowest BCUT2D eigenvalue weighted by molar-refractivity contribution is 0.0581. The molecule has 0 spiro atoms. The number of aliphatic hydroxyl groups excluding tert-OH is 1. The Bertz CT molecular complexity index is 512. The maximum atomic E-state index is 13.2. The zero-order valence-corrected chi connectivity index (χ0v) is 12.8. The Labute approximate surface area is 128 Å². The molecule has 0 aliphatic rings. The average molecular weight is 316 g/mol. The summed E-state index contributed by atoms with van der Waals surface area (Å²) in [5.74, 6) is -1.53. The Kier molecular flexibility index (Phi) is 5.85. The minimum atomic E-state index is -1.35. The van der Waals surface area contributed by atoms with E-state index >= 15 is 0 Å². The van der Waals surface area contributed by atoms with Crippen LogP contribution in [0.1, 0.15) is 26.3 Å². The monoisotopic (exact) mass is 316 g/mol. The Hall–Kier alpha value is -1.73. The number of halogens is 2. The minimum Gasteiger partial charge on any atom is -0.465 e. The molecular weight excluding hydrogens is 294 g/mol. The number of nitrogens with two attached hydrogens (primary N) is 1. The van der Waals surface area contributed by atoms with Crippen molar-refractivity contribution in [2.75, 3.05) is 0 Å². The highest BCUT2D eigenvalue weighted by Crippen LogP contribution is 2.23. The van der Waals surface area contributed by atoms with Crippen LogP contribution in [0.4, 0.5) is 13.6 Å². The maximum absolute atomic E-state index is 13.2. The highest BCUT2D eigenvalue weighted by atomic mass is 19.1. The summed E-state index contributed by atoms with van der Waals surface area (Å²) in [6.45, 7) is 5.42. The summed E-state index contributed by atoms with van der Waals surface area (Å²) in [6, 6.07) is 1.21. The van der Waals surface area contributed by atoms with Gasteiger partial charge in [0.2, 0.25) is 0 Å². The van der Waals surface area contributed by atoms with Gasteiger partial charge in [0.25, 0.3) is 0 Å². The van der Waals surface area contributed by atoms with Crippen LogP contribution in [0.2, 0.25) is 0 Å². The third kappa shape index (κ3) is 5.23. The van der Waals surface area contributed by atoms with E-state index in [-0.39, 0.29) is 12.0 Å². The molecule has 22 heavy (non-hydrogen) atoms. The van der Waals surface area contributed by atoms with Gasteiger partial charge >= 0.3 is 6.09 Å². The van der Waals surface area contributed by atoms with Gasteiger partial charge in [0.1, 0.15) is 11.6 Å². The Morgan fingerprint density at radius 1 is 1.27 bits per heavy atom. The minimum absolute atomic E-state index is 0.0775. The van der Waals surface area contributed by atoms with E-state index in [1.165, 1.54) is 0 Å². The van der Waals surface area contributed by atoms with Crippen molar-refractivity contribution in [2.24, 2.45) is 11.1 Å². The van der Waals surface area contributed by atoms with E-state index in [2.05, 4.69) is 5.32 Å². The fourth-order valence-corrected chi connectivity index (χ4v) is 2.16. The van der Waals surface area contributed by atoms with Crippen molar-refractivity contribution in [3.63, 3.8) is 0 Å². The predicted octanol–water partition coefficient (Wildman–Crippen LogP) is 1.88. The van der Waals surface area contributed by atoms with Crippen molar-refractivity contribution in [2.45, 2.75) is 45.4 Å². The number of hydrogen-bond donors (Lipinski definition) is 4. The summed E-state index contributed by atoms with van der Waals surface area (Å²) in [5, 5.41) is 21.4. The van der Waals surface area contributed by atoms with Crippen LogP contribution < -0.4 is 11.1 Å². The van der Waals surface area contributed by atoms with Gasteiger partial charge in [-0.25, -0.2) is 13.6 Å². The standard InChI is InChI=1S/C15H22F2N2O3/c1-15(2,3)13(18)12(20)11(19-14(21)22)6-8-4-9(16)7-10(17)5-8/h4-5,7,11-13,19-20H,6,18H2,1-3H3,(H,21,22)/t11-,12+,13?/m0/s1. The van der Waals surface area contributed by atoms with Gasteiger partial charge in [-0.05, 0) is 29.5 Å². The Morgan fingerprint density at radius 3 is 2.18 bits per heavy atom. The molecule has 5 nitrogen and oxygen atoms in total. The van der Waals surface area contributed by atoms with E-state index in [0.717, 1.165) is 18.2 Å². The fourth-order valence-electron chi connectivity index (χ4n) is 2.16. The second-order valence-electron chi connectivity index (χ2n) is 6.42. The van der Waals surface area contributed by atoms with Crippen molar-refractivity contribution in [1.29, 1.82) is 0 Å². The number of rotatable bonds is 5. The lowest BCUT2D eigenvalue weighted by Gasteiger charge is -2.35. The van der Waals surface area contributed by atoms with E-state index < -0.39 is 41.3 Å². The summed E-state index contributed by atoms with van der Waals surface area (Å²) in [4.78, 5) is 10.9. The van der Waals surface area contributed by atoms with E-state index in [9.17, 15) is 18.7 Å². The van der Waals surface area contributed by atoms with Crippen LogP contribution in [-0.2, 0) is 6.42 Å². The van der Waals surface area contributed by atoms with Crippen molar-refractivity contribution in [3.05, 3.63) is 35.4 Å². The van der Waals surface area contributed by atoms with Gasteiger partial charge in [-0.1, -0.05) is 20.8 Å². The molecule has 0 fully saturated rings. The SMILES string of the molecule is CC(C)(C)C(N)[C@H](O)[C@H](Cc1cc(F)cc(F)c1)NC(=O)O. The highest BCUT2D eigenvalue weighted by Gasteiger charge is 2.34. The smallest absolute Gasteiger partial charge is 0.404 e. The van der Waals surface area contributed by atoms with Gasteiger partial charge in [0.15, 0.2) is 0 Å². The van der Waals surface area contributed by atoms with E-state index in [1.807, 2.05) is 0 Å². The van der Waals surface area contributed by atoms with Gasteiger partial charge in [-0.2, -0.15) is 0 Å². The third-order valence-electron chi connectivity index (χ3n) is 3.47. The summed E-state index contributed by atoms with van der Waals surface area (Å²) in [5.41, 5.74) is 5.72. The number of amides is 1. The van der Waals surface area contributed by atoms with Crippen molar-refractivity contribution in [3.8, 4) is 0 Å². The molecule has 1 aromatic carbocycles. The molecule has 1 unspecified atom stereocenters. The first-order chi connectivity index (χ1) is 10.0. The summed E-state index contributed by atoms with van der Waals surface area (Å²) in [7, 11) is 0. The zero-order chi connectivity index (χ0) is 17.1. The number of benzene rings is 1. The van der Waals surface area contributed by atoms with Crippen LogP contribution in [0.15, 0.2) is 18.2 Å². The van der Waals surface area contributed by atoms with Gasteiger partial charge in [-0.15, -0.1) is 0 Å². The summed E-state index contributed by atoms with van der Waals surface area (Å²) < 4.78 is 26.5. The Morgan fingerprint density at radius 2 is 1.77 bits per heavy atom. The van der Waals surface area contributed by atoms with Gasteiger partial charge in [-0.3, -0.25) is 0 Å². The molecule has 0 aliphatic heterocycles. The fraction of sp³-hybridized carbons (Fsp3) is 0.533. The van der Waals surface area contributed by atoms with Crippen LogP contribution in [0.25, 0.3) is 0 Å². The number of nitrogens with one attached hydrogen (secondary N) is 1. The molecule has 1 rings (SSSR count). The van der Waals surface area contributed by atoms with Crippen LogP contribution in [0.3, 0.4) is 0 Å². The topological polar surface area (TPSA) is 95.6 Å². The zero-order valence-electron chi connectivity index (χ0n) is 12.8. The molecule has 0 aliphatic carbocycles. The van der Waals surface area contributed by atoms with Crippen LogP contribution in [0, 0.1) is 17.0 Å². The van der Waals surface area contributed by atoms with Crippen molar-refractivity contribution >= 4 is 6.09 Å². The molecule has 1 amide bonds. The summed E-state index contributed by atoms with van der Waals surface area (Å²) >= 11 is 0. The Balaban J connectivity index is 3.00. The highest BCUT2D eigenvalue weighted by molar-refractivity contribution is 5.65. The number of carboxylic acid groups (broad SMARTS) is 1. The molecular formula is C15H22F2N2O3. The molecule has 0 bridgehead atoms. The number of hydrogen-bond acceptors (Lipinski definition) is 3. The average Bonchev–Trinajstić information content (AvgIpc) is 2.33. The van der Waals surface area contributed by atoms with Gasteiger partial charge < -0.3 is 21.3 Å². The predicted molar refractivity (Wildman–Crippen MR) is 78.4 cm³/mol. The second kappa shape index (κ2) is 7.02. The molecule has 0 radical (unpaired) electrons. The van der Waals surface area contributed by atoms with Crippen LogP contribution in [0.5, 0.6) is 0 Å². The first kappa shape index (κ1) is 18.3. The van der Waals surface area contributed by atoms with E-state index in [0.29, 0.717) is 0 Å². The van der Waals surface area contributed by atoms with Gasteiger partial charge in [0, 0.05) is 12.1 Å². The molecule has 7 heteroatoms. The first-order valence-corrected chi connectivity index (χ1v) is 6.89. The number of aliphatic hydroxyl groups is 1. The van der Waals surface area contributed by atoms with E-state index in [1.54, 1.807) is 20.8 Å².